The van der Waals surface area contributed by atoms with Gasteiger partial charge in [-0.15, -0.1) is 0 Å². The summed E-state index contributed by atoms with van der Waals surface area (Å²) >= 11 is 0. The molecular weight excluding hydrogens is 221 g/mol. The van der Waals surface area contributed by atoms with Gasteiger partial charge in [-0.25, -0.2) is 9.18 Å². The van der Waals surface area contributed by atoms with E-state index in [0.717, 1.165) is 6.42 Å². The van der Waals surface area contributed by atoms with Crippen LogP contribution < -0.4 is 5.32 Å². The highest BCUT2D eigenvalue weighted by atomic mass is 19.1. The van der Waals surface area contributed by atoms with Gasteiger partial charge in [0.15, 0.2) is 0 Å². The van der Waals surface area contributed by atoms with Gasteiger partial charge in [0.1, 0.15) is 5.82 Å². The predicted molar refractivity (Wildman–Crippen MR) is 65.7 cm³/mol. The largest absolute Gasteiger partial charge is 0.465 e. The highest BCUT2D eigenvalue weighted by molar-refractivity contribution is 5.95. The van der Waals surface area contributed by atoms with Crippen molar-refractivity contribution in [1.29, 1.82) is 0 Å². The maximum absolute atomic E-state index is 13.1. The molecule has 1 N–H and O–H groups in total. The molecule has 0 aliphatic rings. The molecule has 0 saturated carbocycles. The molecule has 0 aliphatic heterocycles. The Kier molecular flexibility index (Phi) is 4.94. The zero-order valence-electron chi connectivity index (χ0n) is 10.4. The number of esters is 1. The molecule has 0 aromatic heterocycles. The first-order valence-electron chi connectivity index (χ1n) is 5.70. The Morgan fingerprint density at radius 2 is 2.24 bits per heavy atom. The van der Waals surface area contributed by atoms with Gasteiger partial charge in [0.05, 0.1) is 18.4 Å². The average Bonchev–Trinajstić information content (AvgIpc) is 2.35. The van der Waals surface area contributed by atoms with Gasteiger partial charge in [0.25, 0.3) is 0 Å². The summed E-state index contributed by atoms with van der Waals surface area (Å²) in [5, 5.41) is 3.08. The number of anilines is 1. The first kappa shape index (κ1) is 13.5. The van der Waals surface area contributed by atoms with E-state index >= 15 is 0 Å². The molecule has 1 aromatic rings. The number of benzene rings is 1. The number of hydrogen-bond acceptors (Lipinski definition) is 3. The maximum Gasteiger partial charge on any atom is 0.339 e. The number of rotatable bonds is 5. The van der Waals surface area contributed by atoms with Crippen molar-refractivity contribution >= 4 is 11.7 Å². The van der Waals surface area contributed by atoms with Crippen LogP contribution in [0, 0.1) is 11.7 Å². The van der Waals surface area contributed by atoms with Crippen LogP contribution in [0.2, 0.25) is 0 Å². The molecule has 1 atom stereocenters. The standard InChI is InChI=1S/C13H18FNO2/c1-4-9(2)8-15-12-7-10(14)5-6-11(12)13(16)17-3/h5-7,9,15H,4,8H2,1-3H3. The fraction of sp³-hybridized carbons (Fsp3) is 0.462. The molecule has 0 heterocycles. The molecule has 0 radical (unpaired) electrons. The fourth-order valence-corrected chi connectivity index (χ4v) is 1.38. The van der Waals surface area contributed by atoms with Gasteiger partial charge < -0.3 is 10.1 Å². The zero-order valence-corrected chi connectivity index (χ0v) is 10.4. The molecule has 94 valence electrons. The van der Waals surface area contributed by atoms with Gasteiger partial charge >= 0.3 is 5.97 Å². The maximum atomic E-state index is 13.1. The summed E-state index contributed by atoms with van der Waals surface area (Å²) in [5.74, 6) is -0.371. The van der Waals surface area contributed by atoms with Gasteiger partial charge in [-0.3, -0.25) is 0 Å². The summed E-state index contributed by atoms with van der Waals surface area (Å²) in [6.07, 6.45) is 1.02. The normalized spacial score (nSPS) is 12.0. The van der Waals surface area contributed by atoms with Crippen molar-refractivity contribution in [2.45, 2.75) is 20.3 Å². The van der Waals surface area contributed by atoms with Crippen molar-refractivity contribution in [1.82, 2.24) is 0 Å². The molecular formula is C13H18FNO2. The SMILES string of the molecule is CCC(C)CNc1cc(F)ccc1C(=O)OC. The summed E-state index contributed by atoms with van der Waals surface area (Å²) in [4.78, 5) is 11.5. The van der Waals surface area contributed by atoms with Crippen molar-refractivity contribution < 1.29 is 13.9 Å². The molecule has 0 aliphatic carbocycles. The summed E-state index contributed by atoms with van der Waals surface area (Å²) < 4.78 is 17.8. The van der Waals surface area contributed by atoms with E-state index in [1.54, 1.807) is 0 Å². The van der Waals surface area contributed by atoms with Gasteiger partial charge in [0, 0.05) is 6.54 Å². The van der Waals surface area contributed by atoms with Crippen molar-refractivity contribution in [2.24, 2.45) is 5.92 Å². The Labute approximate surface area is 101 Å². The quantitative estimate of drug-likeness (QED) is 0.802. The van der Waals surface area contributed by atoms with Gasteiger partial charge in [-0.1, -0.05) is 20.3 Å². The van der Waals surface area contributed by atoms with E-state index < -0.39 is 5.97 Å². The monoisotopic (exact) mass is 239 g/mol. The Bertz CT molecular complexity index is 393. The Hall–Kier alpha value is -1.58. The second-order valence-corrected chi connectivity index (χ2v) is 4.08. The van der Waals surface area contributed by atoms with Gasteiger partial charge in [-0.2, -0.15) is 0 Å². The van der Waals surface area contributed by atoms with Crippen LogP contribution in [0.5, 0.6) is 0 Å². The number of ether oxygens (including phenoxy) is 1. The summed E-state index contributed by atoms with van der Waals surface area (Å²) in [6, 6.07) is 4.00. The molecule has 3 nitrogen and oxygen atoms in total. The van der Waals surface area contributed by atoms with E-state index in [1.807, 2.05) is 0 Å². The first-order valence-corrected chi connectivity index (χ1v) is 5.70. The lowest BCUT2D eigenvalue weighted by molar-refractivity contribution is 0.0602. The highest BCUT2D eigenvalue weighted by Gasteiger charge is 2.12. The number of nitrogens with one attached hydrogen (secondary N) is 1. The average molecular weight is 239 g/mol. The van der Waals surface area contributed by atoms with Gasteiger partial charge in [-0.05, 0) is 24.1 Å². The highest BCUT2D eigenvalue weighted by Crippen LogP contribution is 2.19. The smallest absolute Gasteiger partial charge is 0.339 e. The fourth-order valence-electron chi connectivity index (χ4n) is 1.38. The van der Waals surface area contributed by atoms with E-state index in [1.165, 1.54) is 25.3 Å². The number of halogens is 1. The van der Waals surface area contributed by atoms with Crippen LogP contribution in [0.1, 0.15) is 30.6 Å². The van der Waals surface area contributed by atoms with E-state index in [-0.39, 0.29) is 5.82 Å². The third-order valence-corrected chi connectivity index (χ3v) is 2.72. The van der Waals surface area contributed by atoms with Crippen molar-refractivity contribution in [3.8, 4) is 0 Å². The number of carbonyl (C=O) groups is 1. The van der Waals surface area contributed by atoms with E-state index in [0.29, 0.717) is 23.7 Å². The van der Waals surface area contributed by atoms with Crippen molar-refractivity contribution in [3.05, 3.63) is 29.6 Å². The van der Waals surface area contributed by atoms with Crippen molar-refractivity contribution in [3.63, 3.8) is 0 Å². The van der Waals surface area contributed by atoms with E-state index in [4.69, 9.17) is 0 Å². The molecule has 17 heavy (non-hydrogen) atoms. The number of carbonyl (C=O) groups excluding carboxylic acids is 1. The lowest BCUT2D eigenvalue weighted by Crippen LogP contribution is -2.14. The molecule has 4 heteroatoms. The van der Waals surface area contributed by atoms with E-state index in [2.05, 4.69) is 23.9 Å². The van der Waals surface area contributed by atoms with Crippen LogP contribution in [-0.2, 0) is 4.74 Å². The van der Waals surface area contributed by atoms with Crippen molar-refractivity contribution in [2.75, 3.05) is 19.0 Å². The summed E-state index contributed by atoms with van der Waals surface area (Å²) in [7, 11) is 1.31. The Balaban J connectivity index is 2.87. The molecule has 1 aromatic carbocycles. The number of methoxy groups -OCH3 is 1. The number of hydrogen-bond donors (Lipinski definition) is 1. The molecule has 0 bridgehead atoms. The lowest BCUT2D eigenvalue weighted by Gasteiger charge is -2.14. The van der Waals surface area contributed by atoms with E-state index in [9.17, 15) is 9.18 Å². The third-order valence-electron chi connectivity index (χ3n) is 2.72. The first-order chi connectivity index (χ1) is 8.08. The molecule has 1 unspecified atom stereocenters. The topological polar surface area (TPSA) is 38.3 Å². The minimum atomic E-state index is -0.461. The minimum Gasteiger partial charge on any atom is -0.465 e. The van der Waals surface area contributed by atoms with Gasteiger partial charge in [0.2, 0.25) is 0 Å². The minimum absolute atomic E-state index is 0.359. The molecule has 0 fully saturated rings. The Morgan fingerprint density at radius 3 is 2.82 bits per heavy atom. The second-order valence-electron chi connectivity index (χ2n) is 4.08. The molecule has 0 spiro atoms. The van der Waals surface area contributed by atoms with Crippen LogP contribution >= 0.6 is 0 Å². The molecule has 0 amide bonds. The van der Waals surface area contributed by atoms with Crippen LogP contribution in [0.3, 0.4) is 0 Å². The van der Waals surface area contributed by atoms with Crippen LogP contribution in [-0.4, -0.2) is 19.6 Å². The zero-order chi connectivity index (χ0) is 12.8. The predicted octanol–water partition coefficient (Wildman–Crippen LogP) is 3.07. The Morgan fingerprint density at radius 1 is 1.53 bits per heavy atom. The summed E-state index contributed by atoms with van der Waals surface area (Å²) in [5.41, 5.74) is 0.842. The molecule has 1 rings (SSSR count). The van der Waals surface area contributed by atoms with Crippen LogP contribution in [0.15, 0.2) is 18.2 Å². The second kappa shape index (κ2) is 6.23. The third kappa shape index (κ3) is 3.73. The van der Waals surface area contributed by atoms with Crippen LogP contribution in [0.25, 0.3) is 0 Å². The lowest BCUT2D eigenvalue weighted by atomic mass is 10.1. The summed E-state index contributed by atoms with van der Waals surface area (Å²) in [6.45, 7) is 4.87. The van der Waals surface area contributed by atoms with Crippen LogP contribution in [0.4, 0.5) is 10.1 Å². The molecule has 0 saturated heterocycles.